The highest BCUT2D eigenvalue weighted by atomic mass is 35.5. The standard InChI is InChI=1S/C16H23ClFN3O3S3/c1-11-12(2)26-15(25-9-5-3-4-8-18)13-14(19-16(22)21(11)13)20-27(23,24)10-6-7-17/h3-10H2,1-2H3,(H,19,20,22). The van der Waals surface area contributed by atoms with E-state index in [-0.39, 0.29) is 24.1 Å². The van der Waals surface area contributed by atoms with E-state index in [0.29, 0.717) is 18.5 Å². The van der Waals surface area contributed by atoms with E-state index >= 15 is 0 Å². The highest BCUT2D eigenvalue weighted by Gasteiger charge is 2.25. The molecule has 0 radical (unpaired) electrons. The second-order valence-electron chi connectivity index (χ2n) is 6.02. The fourth-order valence-electron chi connectivity index (χ4n) is 2.47. The zero-order valence-electron chi connectivity index (χ0n) is 15.3. The molecule has 11 heteroatoms. The van der Waals surface area contributed by atoms with Crippen LogP contribution < -0.4 is 10.4 Å². The summed E-state index contributed by atoms with van der Waals surface area (Å²) in [6, 6.07) is 0. The molecular weight excluding hydrogens is 433 g/mol. The molecule has 0 aromatic carbocycles. The molecule has 0 fully saturated rings. The Morgan fingerprint density at radius 1 is 1.26 bits per heavy atom. The Balaban J connectivity index is 2.36. The van der Waals surface area contributed by atoms with Crippen LogP contribution in [0.1, 0.15) is 36.3 Å². The normalized spacial score (nSPS) is 12.0. The van der Waals surface area contributed by atoms with Crippen LogP contribution >= 0.6 is 34.7 Å². The molecule has 2 heterocycles. The van der Waals surface area contributed by atoms with Gasteiger partial charge in [-0.3, -0.25) is 13.7 Å². The van der Waals surface area contributed by atoms with Gasteiger partial charge in [0.25, 0.3) is 0 Å². The Morgan fingerprint density at radius 3 is 2.67 bits per heavy atom. The van der Waals surface area contributed by atoms with Crippen molar-refractivity contribution in [3.63, 3.8) is 0 Å². The van der Waals surface area contributed by atoms with Gasteiger partial charge in [-0.2, -0.15) is 4.98 Å². The van der Waals surface area contributed by atoms with E-state index in [1.807, 2.05) is 13.8 Å². The molecule has 2 aliphatic heterocycles. The van der Waals surface area contributed by atoms with Crippen molar-refractivity contribution in [3.05, 3.63) is 21.1 Å². The largest absolute Gasteiger partial charge is 0.354 e. The third-order valence-electron chi connectivity index (χ3n) is 3.94. The highest BCUT2D eigenvalue weighted by molar-refractivity contribution is 8.01. The maximum atomic E-state index is 12.4. The Hall–Kier alpha value is -0.840. The van der Waals surface area contributed by atoms with Crippen molar-refractivity contribution in [1.29, 1.82) is 0 Å². The monoisotopic (exact) mass is 455 g/mol. The Kier molecular flexibility index (Phi) is 8.39. The van der Waals surface area contributed by atoms with Gasteiger partial charge in [0.05, 0.1) is 16.6 Å². The third-order valence-corrected chi connectivity index (χ3v) is 8.07. The van der Waals surface area contributed by atoms with Crippen molar-refractivity contribution in [3.8, 4) is 5.69 Å². The number of aromatic nitrogens is 2. The summed E-state index contributed by atoms with van der Waals surface area (Å²) >= 11 is 8.62. The van der Waals surface area contributed by atoms with Crippen LogP contribution in [0.2, 0.25) is 0 Å². The molecule has 152 valence electrons. The lowest BCUT2D eigenvalue weighted by Crippen LogP contribution is -2.18. The van der Waals surface area contributed by atoms with Crippen LogP contribution in [0.4, 0.5) is 10.2 Å². The molecule has 0 saturated heterocycles. The van der Waals surface area contributed by atoms with Gasteiger partial charge in [0.15, 0.2) is 5.82 Å². The predicted molar refractivity (Wildman–Crippen MR) is 112 cm³/mol. The molecule has 0 unspecified atom stereocenters. The van der Waals surface area contributed by atoms with E-state index in [4.69, 9.17) is 11.6 Å². The number of anilines is 1. The number of rotatable bonds is 11. The maximum Gasteiger partial charge on any atom is 0.354 e. The molecule has 0 bridgehead atoms. The molecule has 6 nitrogen and oxygen atoms in total. The minimum absolute atomic E-state index is 0.0557. The number of alkyl halides is 2. The summed E-state index contributed by atoms with van der Waals surface area (Å²) in [6.45, 7) is 3.40. The number of nitrogens with zero attached hydrogens (tertiary/aromatic N) is 2. The first kappa shape index (κ1) is 22.4. The van der Waals surface area contributed by atoms with Crippen molar-refractivity contribution in [2.45, 2.75) is 43.7 Å². The predicted octanol–water partition coefficient (Wildman–Crippen LogP) is 3.95. The zero-order chi connectivity index (χ0) is 20.0. The average Bonchev–Trinajstić information content (AvgIpc) is 2.92. The minimum Gasteiger partial charge on any atom is -0.265 e. The summed E-state index contributed by atoms with van der Waals surface area (Å²) in [7, 11) is -3.64. The Bertz CT molecular complexity index is 898. The van der Waals surface area contributed by atoms with Gasteiger partial charge < -0.3 is 0 Å². The number of thioether (sulfide) groups is 1. The number of fused-ring (bicyclic) bond motifs is 1. The number of nitrogens with one attached hydrogen (secondary N) is 1. The van der Waals surface area contributed by atoms with Gasteiger partial charge in [0.1, 0.15) is 5.69 Å². The van der Waals surface area contributed by atoms with Crippen LogP contribution in [0.25, 0.3) is 5.69 Å². The van der Waals surface area contributed by atoms with Crippen LogP contribution in [-0.4, -0.2) is 42.0 Å². The molecule has 0 amide bonds. The highest BCUT2D eigenvalue weighted by Crippen LogP contribution is 2.38. The lowest BCUT2D eigenvalue weighted by Gasteiger charge is -2.15. The van der Waals surface area contributed by atoms with Crippen molar-refractivity contribution >= 4 is 50.5 Å². The summed E-state index contributed by atoms with van der Waals surface area (Å²) < 4.78 is 41.4. The van der Waals surface area contributed by atoms with Crippen LogP contribution in [0.15, 0.2) is 9.00 Å². The number of hydrogen-bond donors (Lipinski definition) is 1. The smallest absolute Gasteiger partial charge is 0.265 e. The lowest BCUT2D eigenvalue weighted by atomic mass is 10.3. The molecule has 1 N–H and O–H groups in total. The van der Waals surface area contributed by atoms with Crippen LogP contribution in [0, 0.1) is 13.8 Å². The minimum atomic E-state index is -3.64. The SMILES string of the molecule is Cc1sc(SCCCCCF)c2c(NS(=O)(=O)CCCCl)nc(=O)n-2c1C. The van der Waals surface area contributed by atoms with E-state index in [9.17, 15) is 17.6 Å². The molecule has 0 spiro atoms. The number of aryl methyl sites for hydroxylation is 1. The van der Waals surface area contributed by atoms with Gasteiger partial charge in [-0.1, -0.05) is 6.42 Å². The van der Waals surface area contributed by atoms with E-state index < -0.39 is 15.7 Å². The molecular formula is C16H23ClFN3O3S3. The second kappa shape index (κ2) is 10.1. The number of imidazole rings is 1. The summed E-state index contributed by atoms with van der Waals surface area (Å²) in [5.74, 6) is 0.911. The van der Waals surface area contributed by atoms with Gasteiger partial charge in [-0.15, -0.1) is 34.7 Å². The van der Waals surface area contributed by atoms with Crippen LogP contribution in [0.5, 0.6) is 0 Å². The second-order valence-corrected chi connectivity index (χ2v) is 10.8. The number of hydrogen-bond acceptors (Lipinski definition) is 6. The number of unbranched alkanes of at least 4 members (excludes halogenated alkanes) is 2. The fourth-order valence-corrected chi connectivity index (χ4v) is 6.34. The van der Waals surface area contributed by atoms with Crippen molar-refractivity contribution < 1.29 is 12.8 Å². The Morgan fingerprint density at radius 2 is 2.00 bits per heavy atom. The van der Waals surface area contributed by atoms with E-state index in [1.165, 1.54) is 27.7 Å². The van der Waals surface area contributed by atoms with E-state index in [2.05, 4.69) is 9.71 Å². The summed E-state index contributed by atoms with van der Waals surface area (Å²) in [5.41, 5.74) is 0.714. The maximum absolute atomic E-state index is 12.4. The van der Waals surface area contributed by atoms with Gasteiger partial charge in [-0.05, 0) is 38.9 Å². The quantitative estimate of drug-likeness (QED) is 0.315. The van der Waals surface area contributed by atoms with Crippen LogP contribution in [0.3, 0.4) is 0 Å². The fraction of sp³-hybridized carbons (Fsp3) is 0.625. The molecule has 2 aliphatic rings. The van der Waals surface area contributed by atoms with Gasteiger partial charge in [0.2, 0.25) is 10.0 Å². The number of sulfonamides is 1. The first-order chi connectivity index (χ1) is 12.8. The molecule has 0 saturated carbocycles. The van der Waals surface area contributed by atoms with Gasteiger partial charge in [-0.25, -0.2) is 13.2 Å². The molecule has 0 aromatic rings. The molecule has 27 heavy (non-hydrogen) atoms. The lowest BCUT2D eigenvalue weighted by molar-refractivity contribution is 0.460. The molecule has 0 aliphatic carbocycles. The summed E-state index contributed by atoms with van der Waals surface area (Å²) in [6.07, 6.45) is 2.48. The van der Waals surface area contributed by atoms with Crippen LogP contribution in [-0.2, 0) is 10.0 Å². The summed E-state index contributed by atoms with van der Waals surface area (Å²) in [5, 5.41) is 0. The first-order valence-electron chi connectivity index (χ1n) is 8.58. The first-order valence-corrected chi connectivity index (χ1v) is 12.6. The molecule has 2 rings (SSSR count). The Labute approximate surface area is 171 Å². The van der Waals surface area contributed by atoms with Crippen molar-refractivity contribution in [1.82, 2.24) is 9.55 Å². The third kappa shape index (κ3) is 5.82. The molecule has 0 atom stereocenters. The van der Waals surface area contributed by atoms with E-state index in [1.54, 1.807) is 0 Å². The van der Waals surface area contributed by atoms with Crippen molar-refractivity contribution in [2.24, 2.45) is 0 Å². The average molecular weight is 456 g/mol. The van der Waals surface area contributed by atoms with Crippen molar-refractivity contribution in [2.75, 3.05) is 28.8 Å². The zero-order valence-corrected chi connectivity index (χ0v) is 18.5. The topological polar surface area (TPSA) is 81.1 Å². The molecule has 0 aromatic heterocycles. The van der Waals surface area contributed by atoms with Gasteiger partial charge >= 0.3 is 5.69 Å². The number of halogens is 2. The van der Waals surface area contributed by atoms with E-state index in [0.717, 1.165) is 33.4 Å². The summed E-state index contributed by atoms with van der Waals surface area (Å²) in [4.78, 5) is 17.3. The van der Waals surface area contributed by atoms with Gasteiger partial charge in [0, 0.05) is 16.5 Å².